The van der Waals surface area contributed by atoms with Gasteiger partial charge in [-0.2, -0.15) is 0 Å². The van der Waals surface area contributed by atoms with Crippen molar-refractivity contribution in [3.05, 3.63) is 71.0 Å². The van der Waals surface area contributed by atoms with Crippen molar-refractivity contribution < 1.29 is 13.9 Å². The summed E-state index contributed by atoms with van der Waals surface area (Å²) in [5.74, 6) is 0.556. The molecule has 174 valence electrons. The van der Waals surface area contributed by atoms with Crippen molar-refractivity contribution in [1.82, 2.24) is 15.1 Å². The van der Waals surface area contributed by atoms with E-state index in [2.05, 4.69) is 15.2 Å². The summed E-state index contributed by atoms with van der Waals surface area (Å²) in [6, 6.07) is 14.2. The third-order valence-corrected chi connectivity index (χ3v) is 5.29. The molecule has 0 saturated carbocycles. The van der Waals surface area contributed by atoms with Crippen LogP contribution in [0.4, 0.5) is 4.39 Å². The predicted molar refractivity (Wildman–Crippen MR) is 136 cm³/mol. The van der Waals surface area contributed by atoms with E-state index in [-0.39, 0.29) is 47.9 Å². The van der Waals surface area contributed by atoms with Gasteiger partial charge in [-0.3, -0.25) is 9.79 Å². The summed E-state index contributed by atoms with van der Waals surface area (Å²) < 4.78 is 19.4. The summed E-state index contributed by atoms with van der Waals surface area (Å²) >= 11 is 0. The number of carbonyl (C=O) groups is 1. The first-order valence-electron chi connectivity index (χ1n) is 10.5. The Morgan fingerprint density at radius 1 is 1.22 bits per heavy atom. The lowest BCUT2D eigenvalue weighted by Crippen LogP contribution is -2.51. The Balaban J connectivity index is 0.00000363. The molecule has 3 rings (SSSR count). The van der Waals surface area contributed by atoms with Crippen LogP contribution in [0.5, 0.6) is 0 Å². The van der Waals surface area contributed by atoms with Crippen LogP contribution in [0.15, 0.2) is 53.5 Å². The average molecular weight is 554 g/mol. The number of guanidine groups is 1. The van der Waals surface area contributed by atoms with Crippen LogP contribution < -0.4 is 5.32 Å². The largest absolute Gasteiger partial charge is 0.367 e. The number of aliphatic imine (C=N–C) groups is 1. The highest BCUT2D eigenvalue weighted by Gasteiger charge is 2.28. The molecule has 0 aliphatic carbocycles. The molecule has 32 heavy (non-hydrogen) atoms. The first kappa shape index (κ1) is 26.1. The van der Waals surface area contributed by atoms with Gasteiger partial charge in [0.15, 0.2) is 5.96 Å². The molecule has 6 nitrogen and oxygen atoms in total. The third-order valence-electron chi connectivity index (χ3n) is 5.29. The SMILES string of the molecule is CN=C(NCCc1cccc(C(=O)N(C)C)c1)N1CC(C)OC(c2ccc(F)cc2)C1.I. The van der Waals surface area contributed by atoms with Crippen LogP contribution in [0.2, 0.25) is 0 Å². The molecule has 1 amide bonds. The average Bonchev–Trinajstić information content (AvgIpc) is 2.76. The van der Waals surface area contributed by atoms with E-state index in [4.69, 9.17) is 4.74 Å². The van der Waals surface area contributed by atoms with Gasteiger partial charge >= 0.3 is 0 Å². The number of ether oxygens (including phenoxy) is 1. The second-order valence-corrected chi connectivity index (χ2v) is 8.02. The Morgan fingerprint density at radius 3 is 2.59 bits per heavy atom. The second-order valence-electron chi connectivity index (χ2n) is 8.02. The first-order chi connectivity index (χ1) is 14.9. The van der Waals surface area contributed by atoms with Gasteiger partial charge in [0.25, 0.3) is 5.91 Å². The topological polar surface area (TPSA) is 57.2 Å². The molecule has 2 atom stereocenters. The zero-order valence-corrected chi connectivity index (χ0v) is 21.4. The monoisotopic (exact) mass is 554 g/mol. The maximum atomic E-state index is 13.3. The van der Waals surface area contributed by atoms with Crippen molar-refractivity contribution >= 4 is 35.8 Å². The summed E-state index contributed by atoms with van der Waals surface area (Å²) in [6.07, 6.45) is 0.655. The van der Waals surface area contributed by atoms with E-state index in [1.165, 1.54) is 12.1 Å². The summed E-state index contributed by atoms with van der Waals surface area (Å²) in [7, 11) is 5.28. The molecule has 0 bridgehead atoms. The van der Waals surface area contributed by atoms with Crippen LogP contribution in [-0.2, 0) is 11.2 Å². The van der Waals surface area contributed by atoms with E-state index in [1.807, 2.05) is 31.2 Å². The molecule has 2 aromatic carbocycles. The van der Waals surface area contributed by atoms with Crippen molar-refractivity contribution in [1.29, 1.82) is 0 Å². The minimum Gasteiger partial charge on any atom is -0.367 e. The highest BCUT2D eigenvalue weighted by Crippen LogP contribution is 2.25. The summed E-state index contributed by atoms with van der Waals surface area (Å²) in [6.45, 7) is 4.09. The highest BCUT2D eigenvalue weighted by atomic mass is 127. The molecule has 0 aromatic heterocycles. The minimum absolute atomic E-state index is 0. The maximum Gasteiger partial charge on any atom is 0.253 e. The van der Waals surface area contributed by atoms with Gasteiger partial charge in [-0.25, -0.2) is 4.39 Å². The number of nitrogens with one attached hydrogen (secondary N) is 1. The number of hydrogen-bond donors (Lipinski definition) is 1. The van der Waals surface area contributed by atoms with Crippen molar-refractivity contribution in [2.45, 2.75) is 25.6 Å². The van der Waals surface area contributed by atoms with E-state index in [9.17, 15) is 9.18 Å². The number of nitrogens with zero attached hydrogens (tertiary/aromatic N) is 3. The lowest BCUT2D eigenvalue weighted by Gasteiger charge is -2.38. The molecular weight excluding hydrogens is 522 g/mol. The van der Waals surface area contributed by atoms with Crippen LogP contribution in [0.25, 0.3) is 0 Å². The molecule has 0 spiro atoms. The van der Waals surface area contributed by atoms with Crippen molar-refractivity contribution in [2.24, 2.45) is 4.99 Å². The van der Waals surface area contributed by atoms with Gasteiger partial charge < -0.3 is 19.9 Å². The molecule has 1 fully saturated rings. The van der Waals surface area contributed by atoms with E-state index < -0.39 is 0 Å². The van der Waals surface area contributed by atoms with Crippen LogP contribution in [0, 0.1) is 5.82 Å². The fourth-order valence-corrected chi connectivity index (χ4v) is 3.75. The van der Waals surface area contributed by atoms with Crippen molar-refractivity contribution in [3.8, 4) is 0 Å². The number of rotatable bonds is 5. The molecule has 1 heterocycles. The van der Waals surface area contributed by atoms with Gasteiger partial charge in [-0.15, -0.1) is 24.0 Å². The molecule has 1 aliphatic heterocycles. The molecule has 0 radical (unpaired) electrons. The van der Waals surface area contributed by atoms with E-state index in [1.54, 1.807) is 38.2 Å². The number of hydrogen-bond acceptors (Lipinski definition) is 3. The standard InChI is InChI=1S/C24H31FN4O2.HI/c1-17-15-29(16-22(31-17)19-8-10-21(25)11-9-19)24(26-2)27-13-12-18-6-5-7-20(14-18)23(30)28(3)4;/h5-11,14,17,22H,12-13,15-16H2,1-4H3,(H,26,27);1H. The zero-order chi connectivity index (χ0) is 22.4. The molecule has 2 aromatic rings. The second kappa shape index (κ2) is 12.2. The number of benzene rings is 2. The molecule has 1 aliphatic rings. The van der Waals surface area contributed by atoms with Gasteiger partial charge in [-0.05, 0) is 48.7 Å². The van der Waals surface area contributed by atoms with Crippen molar-refractivity contribution in [2.75, 3.05) is 40.8 Å². The maximum absolute atomic E-state index is 13.3. The first-order valence-corrected chi connectivity index (χ1v) is 10.5. The molecular formula is C24H32FIN4O2. The van der Waals surface area contributed by atoms with Gasteiger partial charge in [0.05, 0.1) is 12.6 Å². The lowest BCUT2D eigenvalue weighted by atomic mass is 10.1. The van der Waals surface area contributed by atoms with E-state index >= 15 is 0 Å². The highest BCUT2D eigenvalue weighted by molar-refractivity contribution is 14.0. The zero-order valence-electron chi connectivity index (χ0n) is 19.0. The van der Waals surface area contributed by atoms with Crippen LogP contribution >= 0.6 is 24.0 Å². The van der Waals surface area contributed by atoms with Crippen molar-refractivity contribution in [3.63, 3.8) is 0 Å². The van der Waals surface area contributed by atoms with E-state index in [0.29, 0.717) is 18.7 Å². The minimum atomic E-state index is -0.252. The smallest absolute Gasteiger partial charge is 0.253 e. The Morgan fingerprint density at radius 2 is 1.94 bits per heavy atom. The van der Waals surface area contributed by atoms with Gasteiger partial charge in [0, 0.05) is 39.8 Å². The van der Waals surface area contributed by atoms with Gasteiger partial charge in [0.1, 0.15) is 11.9 Å². The van der Waals surface area contributed by atoms with Gasteiger partial charge in [0.2, 0.25) is 0 Å². The van der Waals surface area contributed by atoms with Crippen LogP contribution in [0.3, 0.4) is 0 Å². The van der Waals surface area contributed by atoms with E-state index in [0.717, 1.165) is 30.1 Å². The number of morpholine rings is 1. The Labute approximate surface area is 206 Å². The summed E-state index contributed by atoms with van der Waals surface area (Å²) in [4.78, 5) is 20.4. The Hall–Kier alpha value is -2.20. The number of halogens is 2. The summed E-state index contributed by atoms with van der Waals surface area (Å²) in [5, 5.41) is 3.43. The van der Waals surface area contributed by atoms with Gasteiger partial charge in [-0.1, -0.05) is 24.3 Å². The lowest BCUT2D eigenvalue weighted by molar-refractivity contribution is -0.0604. The normalized spacial score (nSPS) is 18.7. The molecule has 1 saturated heterocycles. The van der Waals surface area contributed by atoms with Crippen LogP contribution in [0.1, 0.15) is 34.5 Å². The summed E-state index contributed by atoms with van der Waals surface area (Å²) in [5.41, 5.74) is 2.74. The predicted octanol–water partition coefficient (Wildman–Crippen LogP) is 3.73. The Kier molecular flexibility index (Phi) is 9.89. The fourth-order valence-electron chi connectivity index (χ4n) is 3.75. The number of carbonyl (C=O) groups excluding carboxylic acids is 1. The quantitative estimate of drug-likeness (QED) is 0.348. The van der Waals surface area contributed by atoms with Crippen LogP contribution in [-0.4, -0.2) is 68.5 Å². The Bertz CT molecular complexity index is 920. The molecule has 8 heteroatoms. The molecule has 1 N–H and O–H groups in total. The molecule has 2 unspecified atom stereocenters. The number of amides is 1. The third kappa shape index (κ3) is 6.90. The fraction of sp³-hybridized carbons (Fsp3) is 0.417.